The molecule has 0 saturated heterocycles. The Bertz CT molecular complexity index is 1630. The van der Waals surface area contributed by atoms with Gasteiger partial charge in [0.05, 0.1) is 11.1 Å². The van der Waals surface area contributed by atoms with Crippen LogP contribution in [0.5, 0.6) is 5.75 Å². The summed E-state index contributed by atoms with van der Waals surface area (Å²) in [6.07, 6.45) is 0. The summed E-state index contributed by atoms with van der Waals surface area (Å²) in [4.78, 5) is 32.1. The van der Waals surface area contributed by atoms with Gasteiger partial charge in [0.15, 0.2) is 11.5 Å². The van der Waals surface area contributed by atoms with Crippen LogP contribution < -0.4 is 10.5 Å². The fourth-order valence-corrected chi connectivity index (χ4v) is 4.00. The van der Waals surface area contributed by atoms with Crippen molar-refractivity contribution in [2.75, 3.05) is 11.9 Å². The molecule has 0 fully saturated rings. The summed E-state index contributed by atoms with van der Waals surface area (Å²) >= 11 is 0. The lowest BCUT2D eigenvalue weighted by molar-refractivity contribution is -0.119. The molecule has 1 amide bonds. The zero-order chi connectivity index (χ0) is 24.0. The van der Waals surface area contributed by atoms with Crippen LogP contribution in [0.15, 0.2) is 69.9 Å². The topological polar surface area (TPSA) is 101 Å². The maximum absolute atomic E-state index is 13.2. The van der Waals surface area contributed by atoms with Gasteiger partial charge in [0.1, 0.15) is 17.8 Å². The number of fused-ring (bicyclic) bond motifs is 2. The molecule has 8 nitrogen and oxygen atoms in total. The number of amides is 1. The molecule has 0 bridgehead atoms. The number of benzene rings is 3. The lowest BCUT2D eigenvalue weighted by Crippen LogP contribution is -2.35. The van der Waals surface area contributed by atoms with Crippen LogP contribution in [0.2, 0.25) is 0 Å². The minimum atomic E-state index is -0.453. The lowest BCUT2D eigenvalue weighted by Gasteiger charge is -2.18. The van der Waals surface area contributed by atoms with Crippen molar-refractivity contribution in [2.24, 2.45) is 0 Å². The molecule has 0 aliphatic carbocycles. The van der Waals surface area contributed by atoms with E-state index in [0.717, 1.165) is 15.8 Å². The molecule has 5 aromatic rings. The van der Waals surface area contributed by atoms with Crippen LogP contribution in [-0.4, -0.2) is 32.8 Å². The summed E-state index contributed by atoms with van der Waals surface area (Å²) in [6.45, 7) is 3.46. The van der Waals surface area contributed by atoms with Crippen LogP contribution in [0, 0.1) is 13.8 Å². The largest absolute Gasteiger partial charge is 0.508 e. The second-order valence-electron chi connectivity index (χ2n) is 8.25. The molecule has 0 unspecified atom stereocenters. The average molecular weight is 454 g/mol. The minimum absolute atomic E-state index is 0.0309. The Morgan fingerprint density at radius 3 is 2.68 bits per heavy atom. The van der Waals surface area contributed by atoms with E-state index in [1.165, 1.54) is 17.0 Å². The number of phenols is 1. The first-order chi connectivity index (χ1) is 16.3. The Hall–Kier alpha value is -4.46. The maximum Gasteiger partial charge on any atom is 0.275 e. The Morgan fingerprint density at radius 2 is 1.88 bits per heavy atom. The van der Waals surface area contributed by atoms with Crippen molar-refractivity contribution in [2.45, 2.75) is 20.4 Å². The molecule has 0 aliphatic heterocycles. The van der Waals surface area contributed by atoms with E-state index in [0.29, 0.717) is 39.1 Å². The number of oxazole rings is 1. The van der Waals surface area contributed by atoms with E-state index < -0.39 is 5.56 Å². The van der Waals surface area contributed by atoms with Gasteiger partial charge in [0, 0.05) is 36.7 Å². The standard InChI is InChI=1S/C26H22N4O4/c1-15-5-4-6-17(11-15)25-20-9-8-19(31)13-21(20)26(33)30(28-25)14-24(32)29(3)18-7-10-22-23(12-18)34-16(2)27-22/h4-13,31H,14H2,1-3H3. The fourth-order valence-electron chi connectivity index (χ4n) is 4.00. The van der Waals surface area contributed by atoms with Crippen LogP contribution in [0.4, 0.5) is 5.69 Å². The Balaban J connectivity index is 1.56. The maximum atomic E-state index is 13.2. The third kappa shape index (κ3) is 3.79. The van der Waals surface area contributed by atoms with Gasteiger partial charge < -0.3 is 14.4 Å². The molecular formula is C26H22N4O4. The highest BCUT2D eigenvalue weighted by Crippen LogP contribution is 2.28. The number of carbonyl (C=O) groups is 1. The molecule has 1 N–H and O–H groups in total. The molecular weight excluding hydrogens is 432 g/mol. The van der Waals surface area contributed by atoms with Crippen molar-refractivity contribution in [3.63, 3.8) is 0 Å². The van der Waals surface area contributed by atoms with Crippen LogP contribution in [-0.2, 0) is 11.3 Å². The number of aryl methyl sites for hydroxylation is 2. The van der Waals surface area contributed by atoms with E-state index in [-0.39, 0.29) is 18.2 Å². The Kier molecular flexibility index (Phi) is 5.13. The van der Waals surface area contributed by atoms with E-state index >= 15 is 0 Å². The zero-order valence-electron chi connectivity index (χ0n) is 18.9. The van der Waals surface area contributed by atoms with E-state index in [4.69, 9.17) is 4.42 Å². The number of aromatic hydroxyl groups is 1. The Labute approximate surface area is 194 Å². The number of rotatable bonds is 4. The molecule has 2 heterocycles. The zero-order valence-corrected chi connectivity index (χ0v) is 18.9. The van der Waals surface area contributed by atoms with Gasteiger partial charge in [-0.2, -0.15) is 5.10 Å². The molecule has 8 heteroatoms. The number of anilines is 1. The molecule has 2 aromatic heterocycles. The SMILES string of the molecule is Cc1cccc(-c2nn(CC(=O)N(C)c3ccc4nc(C)oc4c3)c(=O)c3cc(O)ccc23)c1. The average Bonchev–Trinajstić information content (AvgIpc) is 3.19. The molecule has 5 rings (SSSR count). The first kappa shape index (κ1) is 21.4. The van der Waals surface area contributed by atoms with Crippen molar-refractivity contribution in [3.8, 4) is 17.0 Å². The Morgan fingerprint density at radius 1 is 1.06 bits per heavy atom. The molecule has 3 aromatic carbocycles. The summed E-state index contributed by atoms with van der Waals surface area (Å²) in [5, 5.41) is 15.5. The van der Waals surface area contributed by atoms with E-state index in [1.807, 2.05) is 31.2 Å². The summed E-state index contributed by atoms with van der Waals surface area (Å²) in [5.41, 5.74) is 3.86. The van der Waals surface area contributed by atoms with Crippen molar-refractivity contribution >= 4 is 33.5 Å². The summed E-state index contributed by atoms with van der Waals surface area (Å²) in [5.74, 6) is 0.177. The summed E-state index contributed by atoms with van der Waals surface area (Å²) < 4.78 is 6.72. The first-order valence-electron chi connectivity index (χ1n) is 10.7. The van der Waals surface area contributed by atoms with E-state index in [1.54, 1.807) is 38.2 Å². The molecule has 0 aliphatic rings. The molecule has 0 saturated carbocycles. The highest BCUT2D eigenvalue weighted by atomic mass is 16.3. The highest BCUT2D eigenvalue weighted by Gasteiger charge is 2.18. The van der Waals surface area contributed by atoms with Gasteiger partial charge in [-0.05, 0) is 43.3 Å². The van der Waals surface area contributed by atoms with Crippen molar-refractivity contribution in [1.29, 1.82) is 0 Å². The number of hydrogen-bond acceptors (Lipinski definition) is 6. The van der Waals surface area contributed by atoms with Crippen molar-refractivity contribution in [1.82, 2.24) is 14.8 Å². The lowest BCUT2D eigenvalue weighted by atomic mass is 10.0. The van der Waals surface area contributed by atoms with Gasteiger partial charge in [0.25, 0.3) is 5.56 Å². The van der Waals surface area contributed by atoms with Crippen LogP contribution >= 0.6 is 0 Å². The number of aromatic nitrogens is 3. The van der Waals surface area contributed by atoms with Gasteiger partial charge in [-0.15, -0.1) is 0 Å². The van der Waals surface area contributed by atoms with Gasteiger partial charge in [0.2, 0.25) is 5.91 Å². The monoisotopic (exact) mass is 454 g/mol. The summed E-state index contributed by atoms with van der Waals surface area (Å²) in [7, 11) is 1.63. The quantitative estimate of drug-likeness (QED) is 0.437. The van der Waals surface area contributed by atoms with Crippen LogP contribution in [0.3, 0.4) is 0 Å². The summed E-state index contributed by atoms with van der Waals surface area (Å²) in [6, 6.07) is 17.6. The van der Waals surface area contributed by atoms with Gasteiger partial charge in [-0.3, -0.25) is 9.59 Å². The second kappa shape index (κ2) is 8.15. The van der Waals surface area contributed by atoms with Gasteiger partial charge >= 0.3 is 0 Å². The van der Waals surface area contributed by atoms with Crippen LogP contribution in [0.1, 0.15) is 11.5 Å². The molecule has 170 valence electrons. The molecule has 0 radical (unpaired) electrons. The third-order valence-electron chi connectivity index (χ3n) is 5.76. The van der Waals surface area contributed by atoms with E-state index in [2.05, 4.69) is 10.1 Å². The highest BCUT2D eigenvalue weighted by molar-refractivity contribution is 5.96. The normalized spacial score (nSPS) is 11.3. The number of phenolic OH excluding ortho intramolecular Hbond substituents is 1. The predicted octanol–water partition coefficient (Wildman–Crippen LogP) is 4.19. The first-order valence-corrected chi connectivity index (χ1v) is 10.7. The van der Waals surface area contributed by atoms with Crippen molar-refractivity contribution < 1.29 is 14.3 Å². The second-order valence-corrected chi connectivity index (χ2v) is 8.25. The third-order valence-corrected chi connectivity index (χ3v) is 5.76. The minimum Gasteiger partial charge on any atom is -0.508 e. The molecule has 34 heavy (non-hydrogen) atoms. The molecule has 0 spiro atoms. The number of likely N-dealkylation sites (N-methyl/N-ethyl adjacent to an activating group) is 1. The number of hydrogen-bond donors (Lipinski definition) is 1. The van der Waals surface area contributed by atoms with Gasteiger partial charge in [-0.25, -0.2) is 9.67 Å². The van der Waals surface area contributed by atoms with Crippen LogP contribution in [0.25, 0.3) is 33.1 Å². The smallest absolute Gasteiger partial charge is 0.275 e. The fraction of sp³-hybridized carbons (Fsp3) is 0.154. The number of nitrogens with zero attached hydrogens (tertiary/aromatic N) is 4. The van der Waals surface area contributed by atoms with Crippen molar-refractivity contribution in [3.05, 3.63) is 82.5 Å². The molecule has 0 atom stereocenters. The van der Waals surface area contributed by atoms with E-state index in [9.17, 15) is 14.7 Å². The number of carbonyl (C=O) groups excluding carboxylic acids is 1. The predicted molar refractivity (Wildman–Crippen MR) is 130 cm³/mol. The van der Waals surface area contributed by atoms with Gasteiger partial charge in [-0.1, -0.05) is 23.8 Å².